The van der Waals surface area contributed by atoms with E-state index in [1.54, 1.807) is 0 Å². The molecule has 0 radical (unpaired) electrons. The Balaban J connectivity index is 1.71. The van der Waals surface area contributed by atoms with Gasteiger partial charge in [0.25, 0.3) is 0 Å². The fraction of sp³-hybridized carbons (Fsp3) is 0.625. The predicted octanol–water partition coefficient (Wildman–Crippen LogP) is 3.42. The van der Waals surface area contributed by atoms with Gasteiger partial charge in [-0.25, -0.2) is 0 Å². The van der Waals surface area contributed by atoms with Gasteiger partial charge in [-0.15, -0.1) is 0 Å². The van der Waals surface area contributed by atoms with Gasteiger partial charge in [-0.1, -0.05) is 13.8 Å². The Morgan fingerprint density at radius 1 is 1.10 bits per heavy atom. The van der Waals surface area contributed by atoms with E-state index in [1.807, 2.05) is 12.1 Å². The molecule has 1 aromatic carbocycles. The number of rotatable bonds is 2. The van der Waals surface area contributed by atoms with Crippen LogP contribution < -0.4 is 20.5 Å². The molecule has 0 aromatic heterocycles. The van der Waals surface area contributed by atoms with E-state index in [0.29, 0.717) is 24.7 Å². The first kappa shape index (κ1) is 13.4. The van der Waals surface area contributed by atoms with Gasteiger partial charge in [0.15, 0.2) is 11.5 Å². The molecule has 110 valence electrons. The zero-order chi connectivity index (χ0) is 14.2. The van der Waals surface area contributed by atoms with Crippen molar-refractivity contribution in [3.8, 4) is 11.5 Å². The fourth-order valence-corrected chi connectivity index (χ4v) is 2.99. The van der Waals surface area contributed by atoms with Crippen molar-refractivity contribution in [1.29, 1.82) is 0 Å². The largest absolute Gasteiger partial charge is 0.486 e. The summed E-state index contributed by atoms with van der Waals surface area (Å²) < 4.78 is 11.2. The standard InChI is InChI=1S/C16H24N2O2/c1-16(2)5-3-11(4-6-16)18-13-10-15-14(9-12(13)17)19-7-8-20-15/h9-11,18H,3-8,17H2,1-2H3. The molecule has 0 atom stereocenters. The SMILES string of the molecule is CC1(C)CCC(Nc2cc3c(cc2N)OCCO3)CC1. The zero-order valence-electron chi connectivity index (χ0n) is 12.4. The number of nitrogens with one attached hydrogen (secondary N) is 1. The van der Waals surface area contributed by atoms with Crippen LogP contribution in [0.5, 0.6) is 11.5 Å². The molecule has 0 spiro atoms. The molecule has 1 aromatic rings. The molecule has 4 heteroatoms. The fourth-order valence-electron chi connectivity index (χ4n) is 2.99. The number of benzene rings is 1. The van der Waals surface area contributed by atoms with Crippen LogP contribution in [0.4, 0.5) is 11.4 Å². The minimum Gasteiger partial charge on any atom is -0.486 e. The van der Waals surface area contributed by atoms with Crippen LogP contribution in [0.2, 0.25) is 0 Å². The molecule has 1 fully saturated rings. The first-order valence-corrected chi connectivity index (χ1v) is 7.49. The highest BCUT2D eigenvalue weighted by Gasteiger charge is 2.27. The molecule has 0 saturated heterocycles. The van der Waals surface area contributed by atoms with Gasteiger partial charge in [-0.05, 0) is 31.1 Å². The third kappa shape index (κ3) is 2.79. The summed E-state index contributed by atoms with van der Waals surface area (Å²) >= 11 is 0. The summed E-state index contributed by atoms with van der Waals surface area (Å²) in [6.07, 6.45) is 4.91. The van der Waals surface area contributed by atoms with Crippen LogP contribution in [0.1, 0.15) is 39.5 Å². The van der Waals surface area contributed by atoms with Gasteiger partial charge >= 0.3 is 0 Å². The number of hydrogen-bond donors (Lipinski definition) is 2. The molecule has 1 saturated carbocycles. The molecular weight excluding hydrogens is 252 g/mol. The smallest absolute Gasteiger partial charge is 0.163 e. The lowest BCUT2D eigenvalue weighted by Crippen LogP contribution is -2.30. The number of anilines is 2. The molecule has 1 aliphatic carbocycles. The Hall–Kier alpha value is -1.58. The second-order valence-corrected chi connectivity index (χ2v) is 6.67. The van der Waals surface area contributed by atoms with E-state index in [1.165, 1.54) is 25.7 Å². The summed E-state index contributed by atoms with van der Waals surface area (Å²) in [6.45, 7) is 5.90. The number of fused-ring (bicyclic) bond motifs is 1. The maximum Gasteiger partial charge on any atom is 0.163 e. The summed E-state index contributed by atoms with van der Waals surface area (Å²) in [5.41, 5.74) is 8.31. The first-order chi connectivity index (χ1) is 9.53. The minimum atomic E-state index is 0.483. The van der Waals surface area contributed by atoms with E-state index in [4.69, 9.17) is 15.2 Å². The molecule has 1 heterocycles. The summed E-state index contributed by atoms with van der Waals surface area (Å²) in [6, 6.07) is 4.35. The van der Waals surface area contributed by atoms with E-state index in [0.717, 1.165) is 22.9 Å². The van der Waals surface area contributed by atoms with Crippen molar-refractivity contribution in [3.63, 3.8) is 0 Å². The number of ether oxygens (including phenoxy) is 2. The highest BCUT2D eigenvalue weighted by molar-refractivity contribution is 5.72. The molecule has 0 amide bonds. The summed E-state index contributed by atoms with van der Waals surface area (Å²) in [7, 11) is 0. The monoisotopic (exact) mass is 276 g/mol. The Morgan fingerprint density at radius 2 is 1.70 bits per heavy atom. The van der Waals surface area contributed by atoms with Crippen LogP contribution >= 0.6 is 0 Å². The Morgan fingerprint density at radius 3 is 2.35 bits per heavy atom. The highest BCUT2D eigenvalue weighted by Crippen LogP contribution is 2.40. The van der Waals surface area contributed by atoms with Crippen LogP contribution in [0.15, 0.2) is 12.1 Å². The van der Waals surface area contributed by atoms with Gasteiger partial charge in [0, 0.05) is 18.2 Å². The van der Waals surface area contributed by atoms with Crippen molar-refractivity contribution in [2.45, 2.75) is 45.6 Å². The number of nitrogens with two attached hydrogens (primary N) is 1. The lowest BCUT2D eigenvalue weighted by Gasteiger charge is -2.35. The van der Waals surface area contributed by atoms with Crippen LogP contribution in [-0.2, 0) is 0 Å². The lowest BCUT2D eigenvalue weighted by atomic mass is 9.75. The first-order valence-electron chi connectivity index (χ1n) is 7.49. The van der Waals surface area contributed by atoms with Crippen LogP contribution in [-0.4, -0.2) is 19.3 Å². The summed E-state index contributed by atoms with van der Waals surface area (Å²) in [5, 5.41) is 3.58. The maximum absolute atomic E-state index is 6.12. The normalized spacial score (nSPS) is 21.5. The average molecular weight is 276 g/mol. The molecule has 3 rings (SSSR count). The Labute approximate surface area is 120 Å². The third-order valence-electron chi connectivity index (χ3n) is 4.41. The summed E-state index contributed by atoms with van der Waals surface area (Å²) in [5.74, 6) is 1.55. The molecule has 4 nitrogen and oxygen atoms in total. The van der Waals surface area contributed by atoms with Crippen LogP contribution in [0.3, 0.4) is 0 Å². The average Bonchev–Trinajstić information content (AvgIpc) is 2.42. The van der Waals surface area contributed by atoms with Crippen molar-refractivity contribution in [3.05, 3.63) is 12.1 Å². The quantitative estimate of drug-likeness (QED) is 0.813. The predicted molar refractivity (Wildman–Crippen MR) is 81.5 cm³/mol. The van der Waals surface area contributed by atoms with Gasteiger partial charge in [0.1, 0.15) is 13.2 Å². The molecular formula is C16H24N2O2. The van der Waals surface area contributed by atoms with Crippen LogP contribution in [0.25, 0.3) is 0 Å². The van der Waals surface area contributed by atoms with Crippen LogP contribution in [0, 0.1) is 5.41 Å². The van der Waals surface area contributed by atoms with E-state index < -0.39 is 0 Å². The molecule has 3 N–H and O–H groups in total. The zero-order valence-corrected chi connectivity index (χ0v) is 12.4. The maximum atomic E-state index is 6.12. The third-order valence-corrected chi connectivity index (χ3v) is 4.41. The second-order valence-electron chi connectivity index (χ2n) is 6.67. The number of nitrogen functional groups attached to an aromatic ring is 1. The van der Waals surface area contributed by atoms with Crippen molar-refractivity contribution in [2.24, 2.45) is 5.41 Å². The van der Waals surface area contributed by atoms with Gasteiger partial charge in [-0.2, -0.15) is 0 Å². The van der Waals surface area contributed by atoms with Crippen molar-refractivity contribution < 1.29 is 9.47 Å². The molecule has 0 unspecified atom stereocenters. The molecule has 20 heavy (non-hydrogen) atoms. The minimum absolute atomic E-state index is 0.483. The molecule has 0 bridgehead atoms. The molecule has 2 aliphatic rings. The topological polar surface area (TPSA) is 56.5 Å². The molecule has 1 aliphatic heterocycles. The van der Waals surface area contributed by atoms with Crippen molar-refractivity contribution >= 4 is 11.4 Å². The van der Waals surface area contributed by atoms with Crippen molar-refractivity contribution in [2.75, 3.05) is 24.3 Å². The highest BCUT2D eigenvalue weighted by atomic mass is 16.6. The van der Waals surface area contributed by atoms with Gasteiger partial charge < -0.3 is 20.5 Å². The Kier molecular flexibility index (Phi) is 3.40. The second kappa shape index (κ2) is 5.08. The Bertz CT molecular complexity index is 489. The van der Waals surface area contributed by atoms with Gasteiger partial charge in [-0.3, -0.25) is 0 Å². The van der Waals surface area contributed by atoms with E-state index in [9.17, 15) is 0 Å². The summed E-state index contributed by atoms with van der Waals surface area (Å²) in [4.78, 5) is 0. The van der Waals surface area contributed by atoms with Crippen molar-refractivity contribution in [1.82, 2.24) is 0 Å². The lowest BCUT2D eigenvalue weighted by molar-refractivity contribution is 0.172. The van der Waals surface area contributed by atoms with E-state index in [-0.39, 0.29) is 0 Å². The van der Waals surface area contributed by atoms with Gasteiger partial charge in [0.05, 0.1) is 11.4 Å². The van der Waals surface area contributed by atoms with Gasteiger partial charge in [0.2, 0.25) is 0 Å². The number of hydrogen-bond acceptors (Lipinski definition) is 4. The van der Waals surface area contributed by atoms with E-state index >= 15 is 0 Å². The van der Waals surface area contributed by atoms with E-state index in [2.05, 4.69) is 19.2 Å².